The summed E-state index contributed by atoms with van der Waals surface area (Å²) in [5, 5.41) is 10.8. The van der Waals surface area contributed by atoms with Gasteiger partial charge in [0.25, 0.3) is 5.69 Å². The number of aromatic nitrogens is 1. The zero-order valence-corrected chi connectivity index (χ0v) is 11.2. The summed E-state index contributed by atoms with van der Waals surface area (Å²) in [7, 11) is 0. The molecular weight excluding hydrogens is 276 g/mol. The molecule has 0 atom stereocenters. The largest absolute Gasteiger partial charge is 0.453 e. The summed E-state index contributed by atoms with van der Waals surface area (Å²) >= 11 is 0. The topological polar surface area (TPSA) is 102 Å². The number of ether oxygens (including phenoxy) is 1. The molecule has 0 aliphatic rings. The number of H-pyrrole nitrogens is 1. The summed E-state index contributed by atoms with van der Waals surface area (Å²) in [6.07, 6.45) is 1.56. The third-order valence-corrected chi connectivity index (χ3v) is 2.88. The molecule has 7 nitrogen and oxygen atoms in total. The van der Waals surface area contributed by atoms with Crippen molar-refractivity contribution in [3.8, 4) is 0 Å². The third kappa shape index (κ3) is 3.33. The van der Waals surface area contributed by atoms with Crippen LogP contribution in [0.3, 0.4) is 0 Å². The van der Waals surface area contributed by atoms with Crippen LogP contribution in [0.25, 0.3) is 0 Å². The van der Waals surface area contributed by atoms with Gasteiger partial charge in [0.2, 0.25) is 5.78 Å². The summed E-state index contributed by atoms with van der Waals surface area (Å²) in [6, 6.07) is 7.27. The van der Waals surface area contributed by atoms with Crippen molar-refractivity contribution in [2.75, 3.05) is 6.61 Å². The number of carbonyl (C=O) groups excluding carboxylic acids is 2. The number of hydrogen-bond acceptors (Lipinski definition) is 5. The van der Waals surface area contributed by atoms with Gasteiger partial charge in [-0.05, 0) is 19.1 Å². The number of esters is 1. The van der Waals surface area contributed by atoms with Gasteiger partial charge in [0.1, 0.15) is 5.69 Å². The van der Waals surface area contributed by atoms with E-state index in [2.05, 4.69) is 4.98 Å². The smallest absolute Gasteiger partial charge is 0.355 e. The maximum atomic E-state index is 11.9. The van der Waals surface area contributed by atoms with Gasteiger partial charge in [-0.3, -0.25) is 14.9 Å². The Morgan fingerprint density at radius 1 is 1.33 bits per heavy atom. The number of nitro benzene ring substituents is 1. The van der Waals surface area contributed by atoms with Crippen LogP contribution in [-0.2, 0) is 4.74 Å². The summed E-state index contributed by atoms with van der Waals surface area (Å²) in [5.74, 6) is -1.16. The lowest BCUT2D eigenvalue weighted by molar-refractivity contribution is -0.385. The molecule has 1 aromatic carbocycles. The molecule has 0 radical (unpaired) electrons. The fraction of sp³-hybridized carbons (Fsp3) is 0.143. The van der Waals surface area contributed by atoms with Gasteiger partial charge in [-0.15, -0.1) is 0 Å². The Kier molecular flexibility index (Phi) is 4.13. The summed E-state index contributed by atoms with van der Waals surface area (Å²) in [6.45, 7) is 1.11. The van der Waals surface area contributed by atoms with E-state index in [0.717, 1.165) is 0 Å². The van der Waals surface area contributed by atoms with Gasteiger partial charge in [-0.1, -0.05) is 12.1 Å². The minimum absolute atomic E-state index is 0.131. The van der Waals surface area contributed by atoms with E-state index in [0.29, 0.717) is 5.56 Å². The highest BCUT2D eigenvalue weighted by atomic mass is 16.6. The monoisotopic (exact) mass is 288 g/mol. The molecule has 0 saturated carbocycles. The van der Waals surface area contributed by atoms with Crippen molar-refractivity contribution in [2.45, 2.75) is 6.92 Å². The average molecular weight is 288 g/mol. The van der Waals surface area contributed by atoms with Crippen LogP contribution < -0.4 is 0 Å². The van der Waals surface area contributed by atoms with Gasteiger partial charge >= 0.3 is 5.97 Å². The molecule has 0 unspecified atom stereocenters. The van der Waals surface area contributed by atoms with Crippen LogP contribution in [-0.4, -0.2) is 28.3 Å². The van der Waals surface area contributed by atoms with Gasteiger partial charge in [0.15, 0.2) is 6.61 Å². The molecule has 0 spiro atoms. The first-order valence-corrected chi connectivity index (χ1v) is 6.08. The van der Waals surface area contributed by atoms with Crippen LogP contribution in [0, 0.1) is 17.0 Å². The standard InChI is InChI=1S/C14H12N2O5/c1-9-4-5-10(7-12(9)16(19)20)13(17)8-21-14(18)11-3-2-6-15-11/h2-7,15H,8H2,1H3. The number of aryl methyl sites for hydroxylation is 1. The normalized spacial score (nSPS) is 10.1. The number of hydrogen-bond donors (Lipinski definition) is 1. The van der Waals surface area contributed by atoms with Crippen molar-refractivity contribution >= 4 is 17.4 Å². The van der Waals surface area contributed by atoms with Gasteiger partial charge in [-0.2, -0.15) is 0 Å². The number of nitrogens with zero attached hydrogens (tertiary/aromatic N) is 1. The van der Waals surface area contributed by atoms with Gasteiger partial charge in [-0.25, -0.2) is 4.79 Å². The molecule has 0 amide bonds. The van der Waals surface area contributed by atoms with E-state index in [4.69, 9.17) is 4.74 Å². The zero-order valence-electron chi connectivity index (χ0n) is 11.2. The second kappa shape index (κ2) is 6.00. The van der Waals surface area contributed by atoms with Crippen LogP contribution in [0.15, 0.2) is 36.5 Å². The summed E-state index contributed by atoms with van der Waals surface area (Å²) < 4.78 is 4.84. The molecule has 0 fully saturated rings. The van der Waals surface area contributed by atoms with Crippen molar-refractivity contribution in [3.05, 3.63) is 63.5 Å². The molecular formula is C14H12N2O5. The SMILES string of the molecule is Cc1ccc(C(=O)COC(=O)c2ccc[nH]2)cc1[N+](=O)[O-]. The quantitative estimate of drug-likeness (QED) is 0.393. The van der Waals surface area contributed by atoms with E-state index in [9.17, 15) is 19.7 Å². The first-order valence-electron chi connectivity index (χ1n) is 6.08. The van der Waals surface area contributed by atoms with Crippen LogP contribution in [0.2, 0.25) is 0 Å². The van der Waals surface area contributed by atoms with E-state index in [1.807, 2.05) is 0 Å². The van der Waals surface area contributed by atoms with E-state index < -0.39 is 23.3 Å². The minimum atomic E-state index is -0.657. The number of nitrogens with one attached hydrogen (secondary N) is 1. The van der Waals surface area contributed by atoms with E-state index in [-0.39, 0.29) is 16.9 Å². The van der Waals surface area contributed by atoms with E-state index in [1.165, 1.54) is 24.3 Å². The lowest BCUT2D eigenvalue weighted by Crippen LogP contribution is -2.14. The molecule has 1 N–H and O–H groups in total. The van der Waals surface area contributed by atoms with E-state index in [1.54, 1.807) is 19.2 Å². The number of ketones is 1. The molecule has 7 heteroatoms. The Labute approximate surface area is 119 Å². The molecule has 0 aliphatic carbocycles. The molecule has 1 aromatic heterocycles. The fourth-order valence-electron chi connectivity index (χ4n) is 1.73. The highest BCUT2D eigenvalue weighted by Gasteiger charge is 2.17. The first kappa shape index (κ1) is 14.4. The maximum Gasteiger partial charge on any atom is 0.355 e. The molecule has 2 rings (SSSR count). The first-order chi connectivity index (χ1) is 9.99. The predicted molar refractivity (Wildman–Crippen MR) is 73.2 cm³/mol. The Morgan fingerprint density at radius 3 is 2.71 bits per heavy atom. The number of benzene rings is 1. The fourth-order valence-corrected chi connectivity index (χ4v) is 1.73. The van der Waals surface area contributed by atoms with Crippen molar-refractivity contribution in [1.29, 1.82) is 0 Å². The molecule has 0 saturated heterocycles. The Hall–Kier alpha value is -2.96. The van der Waals surface area contributed by atoms with Crippen molar-refractivity contribution in [1.82, 2.24) is 4.98 Å². The van der Waals surface area contributed by atoms with Crippen LogP contribution >= 0.6 is 0 Å². The number of nitro groups is 1. The number of rotatable bonds is 5. The second-order valence-corrected chi connectivity index (χ2v) is 4.34. The highest BCUT2D eigenvalue weighted by Crippen LogP contribution is 2.19. The van der Waals surface area contributed by atoms with E-state index >= 15 is 0 Å². The predicted octanol–water partition coefficient (Wildman–Crippen LogP) is 2.27. The Morgan fingerprint density at radius 2 is 2.10 bits per heavy atom. The molecule has 21 heavy (non-hydrogen) atoms. The number of aromatic amines is 1. The lowest BCUT2D eigenvalue weighted by atomic mass is 10.1. The average Bonchev–Trinajstić information content (AvgIpc) is 2.98. The zero-order chi connectivity index (χ0) is 15.4. The van der Waals surface area contributed by atoms with Gasteiger partial charge in [0, 0.05) is 23.4 Å². The number of carbonyl (C=O) groups is 2. The third-order valence-electron chi connectivity index (χ3n) is 2.88. The van der Waals surface area contributed by atoms with Crippen molar-refractivity contribution in [3.63, 3.8) is 0 Å². The molecule has 1 heterocycles. The molecule has 0 bridgehead atoms. The van der Waals surface area contributed by atoms with Crippen LogP contribution in [0.1, 0.15) is 26.4 Å². The number of Topliss-reactive ketones (excluding diaryl/α,β-unsaturated/α-hetero) is 1. The minimum Gasteiger partial charge on any atom is -0.453 e. The van der Waals surface area contributed by atoms with Gasteiger partial charge < -0.3 is 9.72 Å². The van der Waals surface area contributed by atoms with Crippen LogP contribution in [0.4, 0.5) is 5.69 Å². The van der Waals surface area contributed by atoms with Crippen molar-refractivity contribution < 1.29 is 19.2 Å². The maximum absolute atomic E-state index is 11.9. The summed E-state index contributed by atoms with van der Waals surface area (Å²) in [5.41, 5.74) is 0.681. The molecule has 108 valence electrons. The second-order valence-electron chi connectivity index (χ2n) is 4.34. The Balaban J connectivity index is 2.05. The van der Waals surface area contributed by atoms with Gasteiger partial charge in [0.05, 0.1) is 4.92 Å². The lowest BCUT2D eigenvalue weighted by Gasteiger charge is -2.04. The molecule has 2 aromatic rings. The molecule has 0 aliphatic heterocycles. The Bertz CT molecular complexity index is 691. The van der Waals surface area contributed by atoms with Crippen LogP contribution in [0.5, 0.6) is 0 Å². The highest BCUT2D eigenvalue weighted by molar-refractivity contribution is 5.99. The van der Waals surface area contributed by atoms with Crippen molar-refractivity contribution in [2.24, 2.45) is 0 Å². The summed E-state index contributed by atoms with van der Waals surface area (Å²) in [4.78, 5) is 36.4.